The van der Waals surface area contributed by atoms with Gasteiger partial charge in [0.2, 0.25) is 11.7 Å². The van der Waals surface area contributed by atoms with Crippen LogP contribution in [0, 0.1) is 0 Å². The van der Waals surface area contributed by atoms with Gasteiger partial charge in [-0.3, -0.25) is 9.59 Å². The van der Waals surface area contributed by atoms with E-state index in [1.54, 1.807) is 30.3 Å². The van der Waals surface area contributed by atoms with Crippen LogP contribution >= 0.6 is 11.6 Å². The molecule has 1 aromatic heterocycles. The van der Waals surface area contributed by atoms with Gasteiger partial charge in [-0.05, 0) is 30.3 Å². The molecule has 0 atom stereocenters. The second-order valence-electron chi connectivity index (χ2n) is 5.74. The zero-order chi connectivity index (χ0) is 20.3. The van der Waals surface area contributed by atoms with Crippen LogP contribution in [0.3, 0.4) is 0 Å². The van der Waals surface area contributed by atoms with Crippen molar-refractivity contribution >= 4 is 34.1 Å². The van der Waals surface area contributed by atoms with Gasteiger partial charge in [0.1, 0.15) is 11.7 Å². The molecule has 0 aliphatic rings. The number of alkyl halides is 1. The zero-order valence-corrected chi connectivity index (χ0v) is 16.2. The van der Waals surface area contributed by atoms with Crippen molar-refractivity contribution in [3.05, 3.63) is 40.7 Å². The highest BCUT2D eigenvalue weighted by atomic mass is 35.5. The molecule has 1 amide bonds. The maximum absolute atomic E-state index is 12.6. The molecule has 0 aliphatic heterocycles. The van der Waals surface area contributed by atoms with E-state index in [4.69, 9.17) is 25.8 Å². The van der Waals surface area contributed by atoms with E-state index in [-0.39, 0.29) is 17.3 Å². The number of halogens is 1. The molecular formula is C19H18ClN3O5. The van der Waals surface area contributed by atoms with Gasteiger partial charge in [-0.1, -0.05) is 0 Å². The highest BCUT2D eigenvalue weighted by molar-refractivity contribution is 6.29. The normalized spacial score (nSPS) is 10.6. The van der Waals surface area contributed by atoms with E-state index in [1.165, 1.54) is 21.3 Å². The fraction of sp³-hybridized carbons (Fsp3) is 0.211. The summed E-state index contributed by atoms with van der Waals surface area (Å²) in [7, 11) is 4.53. The zero-order valence-electron chi connectivity index (χ0n) is 15.5. The summed E-state index contributed by atoms with van der Waals surface area (Å²) in [5.41, 5.74) is 1.17. The number of aromatic amines is 1. The van der Waals surface area contributed by atoms with Crippen molar-refractivity contribution in [2.24, 2.45) is 0 Å². The first kappa shape index (κ1) is 19.5. The SMILES string of the molecule is COc1cc(-c2nc3ccc(NC(=O)CCl)cc3c(=O)[nH]2)cc(OC)c1OC. The third-order valence-electron chi connectivity index (χ3n) is 4.05. The predicted octanol–water partition coefficient (Wildman–Crippen LogP) is 2.79. The number of H-pyrrole nitrogens is 1. The molecular weight excluding hydrogens is 386 g/mol. The third-order valence-corrected chi connectivity index (χ3v) is 4.29. The van der Waals surface area contributed by atoms with Crippen molar-refractivity contribution in [1.29, 1.82) is 0 Å². The van der Waals surface area contributed by atoms with E-state index in [0.29, 0.717) is 45.2 Å². The molecule has 1 heterocycles. The van der Waals surface area contributed by atoms with Crippen LogP contribution in [0.15, 0.2) is 35.1 Å². The quantitative estimate of drug-likeness (QED) is 0.613. The van der Waals surface area contributed by atoms with E-state index < -0.39 is 0 Å². The monoisotopic (exact) mass is 403 g/mol. The number of benzene rings is 2. The van der Waals surface area contributed by atoms with Gasteiger partial charge >= 0.3 is 0 Å². The maximum atomic E-state index is 12.6. The summed E-state index contributed by atoms with van der Waals surface area (Å²) in [5, 5.41) is 2.94. The van der Waals surface area contributed by atoms with E-state index in [2.05, 4.69) is 15.3 Å². The van der Waals surface area contributed by atoms with Crippen molar-refractivity contribution in [3.8, 4) is 28.6 Å². The summed E-state index contributed by atoms with van der Waals surface area (Å²) in [6, 6.07) is 8.24. The number of fused-ring (bicyclic) bond motifs is 1. The average Bonchev–Trinajstić information content (AvgIpc) is 2.72. The Kier molecular flexibility index (Phi) is 5.70. The van der Waals surface area contributed by atoms with Gasteiger partial charge in [0.25, 0.3) is 5.56 Å². The van der Waals surface area contributed by atoms with Crippen LogP contribution in [-0.4, -0.2) is 43.1 Å². The third kappa shape index (κ3) is 3.72. The molecule has 146 valence electrons. The number of amides is 1. The van der Waals surface area contributed by atoms with Crippen molar-refractivity contribution in [2.45, 2.75) is 0 Å². The first-order valence-corrected chi connectivity index (χ1v) is 8.74. The molecule has 8 nitrogen and oxygen atoms in total. The van der Waals surface area contributed by atoms with Gasteiger partial charge in [0.05, 0.1) is 32.2 Å². The highest BCUT2D eigenvalue weighted by Crippen LogP contribution is 2.40. The molecule has 0 fully saturated rings. The Morgan fingerprint density at radius 2 is 1.79 bits per heavy atom. The summed E-state index contributed by atoms with van der Waals surface area (Å²) in [4.78, 5) is 31.3. The van der Waals surface area contributed by atoms with Crippen LogP contribution < -0.4 is 25.1 Å². The second kappa shape index (κ2) is 8.18. The number of rotatable bonds is 6. The number of hydrogen-bond acceptors (Lipinski definition) is 6. The topological polar surface area (TPSA) is 103 Å². The van der Waals surface area contributed by atoms with Gasteiger partial charge in [-0.15, -0.1) is 11.6 Å². The van der Waals surface area contributed by atoms with Crippen LogP contribution in [-0.2, 0) is 4.79 Å². The van der Waals surface area contributed by atoms with Gasteiger partial charge in [-0.2, -0.15) is 0 Å². The minimum Gasteiger partial charge on any atom is -0.493 e. The van der Waals surface area contributed by atoms with Crippen LogP contribution in [0.25, 0.3) is 22.3 Å². The molecule has 3 rings (SSSR count). The molecule has 3 aromatic rings. The molecule has 28 heavy (non-hydrogen) atoms. The molecule has 0 saturated carbocycles. The van der Waals surface area contributed by atoms with Crippen molar-refractivity contribution in [3.63, 3.8) is 0 Å². The number of nitrogens with zero attached hydrogens (tertiary/aromatic N) is 1. The summed E-state index contributed by atoms with van der Waals surface area (Å²) >= 11 is 5.49. The number of ether oxygens (including phenoxy) is 3. The van der Waals surface area contributed by atoms with Crippen LogP contribution in [0.1, 0.15) is 0 Å². The molecule has 9 heteroatoms. The highest BCUT2D eigenvalue weighted by Gasteiger charge is 2.16. The predicted molar refractivity (Wildman–Crippen MR) is 107 cm³/mol. The Morgan fingerprint density at radius 3 is 2.36 bits per heavy atom. The van der Waals surface area contributed by atoms with Crippen LogP contribution in [0.2, 0.25) is 0 Å². The molecule has 0 spiro atoms. The van der Waals surface area contributed by atoms with Crippen LogP contribution in [0.5, 0.6) is 17.2 Å². The lowest BCUT2D eigenvalue weighted by Gasteiger charge is -2.14. The smallest absolute Gasteiger partial charge is 0.259 e. The van der Waals surface area contributed by atoms with Crippen LogP contribution in [0.4, 0.5) is 5.69 Å². The molecule has 0 radical (unpaired) electrons. The van der Waals surface area contributed by atoms with Gasteiger partial charge in [-0.25, -0.2) is 4.98 Å². The number of aromatic nitrogens is 2. The van der Waals surface area contributed by atoms with Gasteiger partial charge in [0.15, 0.2) is 11.5 Å². The lowest BCUT2D eigenvalue weighted by atomic mass is 10.1. The standard InChI is InChI=1S/C19H18ClN3O5/c1-26-14-6-10(7-15(27-2)17(14)28-3)18-22-13-5-4-11(21-16(24)9-20)8-12(13)19(25)23-18/h4-8H,9H2,1-3H3,(H,21,24)(H,22,23,25). The molecule has 2 N–H and O–H groups in total. The van der Waals surface area contributed by atoms with E-state index >= 15 is 0 Å². The molecule has 2 aromatic carbocycles. The summed E-state index contributed by atoms with van der Waals surface area (Å²) < 4.78 is 16.0. The van der Waals surface area contributed by atoms with Crippen molar-refractivity contribution in [1.82, 2.24) is 9.97 Å². The Morgan fingerprint density at radius 1 is 1.11 bits per heavy atom. The molecule has 0 unspecified atom stereocenters. The number of anilines is 1. The van der Waals surface area contributed by atoms with Gasteiger partial charge in [0, 0.05) is 11.3 Å². The summed E-state index contributed by atoms with van der Waals surface area (Å²) in [6.07, 6.45) is 0. The maximum Gasteiger partial charge on any atom is 0.259 e. The first-order chi connectivity index (χ1) is 13.5. The number of methoxy groups -OCH3 is 3. The lowest BCUT2D eigenvalue weighted by molar-refractivity contribution is -0.113. The number of carbonyl (C=O) groups is 1. The Bertz CT molecular complexity index is 1070. The Labute approximate surface area is 165 Å². The largest absolute Gasteiger partial charge is 0.493 e. The first-order valence-electron chi connectivity index (χ1n) is 8.21. The van der Waals surface area contributed by atoms with Crippen molar-refractivity contribution < 1.29 is 19.0 Å². The van der Waals surface area contributed by atoms with E-state index in [9.17, 15) is 9.59 Å². The minimum absolute atomic E-state index is 0.174. The number of carbonyl (C=O) groups excluding carboxylic acids is 1. The second-order valence-corrected chi connectivity index (χ2v) is 6.01. The lowest BCUT2D eigenvalue weighted by Crippen LogP contribution is -2.14. The number of hydrogen-bond donors (Lipinski definition) is 2. The average molecular weight is 404 g/mol. The number of nitrogens with one attached hydrogen (secondary N) is 2. The molecule has 0 saturated heterocycles. The van der Waals surface area contributed by atoms with E-state index in [0.717, 1.165) is 0 Å². The fourth-order valence-corrected chi connectivity index (χ4v) is 2.83. The fourth-order valence-electron chi connectivity index (χ4n) is 2.77. The molecule has 0 aliphatic carbocycles. The Balaban J connectivity index is 2.11. The van der Waals surface area contributed by atoms with Crippen molar-refractivity contribution in [2.75, 3.05) is 32.5 Å². The van der Waals surface area contributed by atoms with E-state index in [1.807, 2.05) is 0 Å². The molecule has 0 bridgehead atoms. The Hall–Kier alpha value is -3.26. The van der Waals surface area contributed by atoms with Gasteiger partial charge < -0.3 is 24.5 Å². The summed E-state index contributed by atoms with van der Waals surface area (Å²) in [5.74, 6) is 1.13. The summed E-state index contributed by atoms with van der Waals surface area (Å²) in [6.45, 7) is 0. The minimum atomic E-state index is -0.362.